The highest BCUT2D eigenvalue weighted by Gasteiger charge is 2.13. The molecule has 0 bridgehead atoms. The zero-order valence-electron chi connectivity index (χ0n) is 17.3. The van der Waals surface area contributed by atoms with Gasteiger partial charge in [0, 0.05) is 31.3 Å². The van der Waals surface area contributed by atoms with E-state index in [2.05, 4.69) is 98.6 Å². The monoisotopic (exact) mass is 432 g/mol. The number of hydrogen-bond donors (Lipinski definition) is 0. The maximum absolute atomic E-state index is 3.47. The van der Waals surface area contributed by atoms with Crippen LogP contribution in [0.2, 0.25) is 39.3 Å². The van der Waals surface area contributed by atoms with Crippen LogP contribution in [0, 0.1) is 22.9 Å². The Morgan fingerprint density at radius 3 is 1.36 bits per heavy atom. The van der Waals surface area contributed by atoms with Gasteiger partial charge in [0.05, 0.1) is 9.40 Å². The van der Waals surface area contributed by atoms with Crippen molar-refractivity contribution >= 4 is 68.4 Å². The van der Waals surface area contributed by atoms with Crippen molar-refractivity contribution in [2.24, 2.45) is 0 Å². The number of thiophene rings is 2. The molecule has 4 rings (SSSR count). The highest BCUT2D eigenvalue weighted by atomic mass is 32.1. The fourth-order valence-electron chi connectivity index (χ4n) is 2.93. The molecular formula is C24H24S2Si2. The summed E-state index contributed by atoms with van der Waals surface area (Å²) in [5, 5.41) is 2.71. The van der Waals surface area contributed by atoms with Gasteiger partial charge in [-0.05, 0) is 24.3 Å². The molecule has 2 aromatic carbocycles. The molecule has 2 aromatic heterocycles. The Morgan fingerprint density at radius 2 is 1.00 bits per heavy atom. The van der Waals surface area contributed by atoms with Crippen molar-refractivity contribution in [1.29, 1.82) is 0 Å². The molecule has 0 unspecified atom stereocenters. The van der Waals surface area contributed by atoms with E-state index in [-0.39, 0.29) is 0 Å². The minimum absolute atomic E-state index is 1.14. The first kappa shape index (κ1) is 19.5. The second-order valence-electron chi connectivity index (χ2n) is 9.28. The summed E-state index contributed by atoms with van der Waals surface area (Å²) in [6.45, 7) is 13.7. The maximum Gasteiger partial charge on any atom is 0.129 e. The van der Waals surface area contributed by atoms with E-state index in [1.807, 2.05) is 22.7 Å². The van der Waals surface area contributed by atoms with E-state index in [1.165, 1.54) is 29.6 Å². The van der Waals surface area contributed by atoms with E-state index in [9.17, 15) is 0 Å². The van der Waals surface area contributed by atoms with Crippen molar-refractivity contribution in [2.75, 3.05) is 0 Å². The third kappa shape index (κ3) is 4.11. The van der Waals surface area contributed by atoms with E-state index in [0.29, 0.717) is 0 Å². The lowest BCUT2D eigenvalue weighted by atomic mass is 10.1. The molecule has 0 radical (unpaired) electrons. The largest absolute Gasteiger partial charge is 0.134 e. The highest BCUT2D eigenvalue weighted by Crippen LogP contribution is 2.44. The van der Waals surface area contributed by atoms with Gasteiger partial charge in [-0.25, -0.2) is 0 Å². The predicted octanol–water partition coefficient (Wildman–Crippen LogP) is 7.73. The third-order valence-corrected chi connectivity index (χ3v) is 8.50. The van der Waals surface area contributed by atoms with Crippen LogP contribution < -0.4 is 0 Å². The van der Waals surface area contributed by atoms with Crippen LogP contribution in [-0.2, 0) is 0 Å². The van der Waals surface area contributed by atoms with Crippen LogP contribution in [0.15, 0.2) is 36.4 Å². The zero-order valence-corrected chi connectivity index (χ0v) is 20.9. The lowest BCUT2D eigenvalue weighted by molar-refractivity contribution is 1.75. The standard InChI is InChI=1S/C24H24S2Si2/c1-27(2,3)13-11-17-7-9-19-21(15-17)25-24-20-10-8-18(12-14-28(4,5)6)16-22(20)26-23(19)24/h7-10,15-16H,1-6H3. The van der Waals surface area contributed by atoms with Crippen LogP contribution in [0.5, 0.6) is 0 Å². The molecule has 0 fully saturated rings. The zero-order chi connectivity index (χ0) is 20.1. The van der Waals surface area contributed by atoms with Gasteiger partial charge in [0.1, 0.15) is 16.1 Å². The summed E-state index contributed by atoms with van der Waals surface area (Å²) in [7, 11) is -2.70. The molecule has 2 heterocycles. The molecule has 0 saturated heterocycles. The van der Waals surface area contributed by atoms with Gasteiger partial charge in [-0.3, -0.25) is 0 Å². The van der Waals surface area contributed by atoms with Crippen molar-refractivity contribution in [3.05, 3.63) is 47.5 Å². The van der Waals surface area contributed by atoms with Gasteiger partial charge in [0.2, 0.25) is 0 Å². The Morgan fingerprint density at radius 1 is 0.607 bits per heavy atom. The molecule has 0 aliphatic rings. The van der Waals surface area contributed by atoms with Crippen LogP contribution in [0.4, 0.5) is 0 Å². The van der Waals surface area contributed by atoms with Crippen LogP contribution in [0.1, 0.15) is 11.1 Å². The lowest BCUT2D eigenvalue weighted by Crippen LogP contribution is -2.16. The molecule has 0 amide bonds. The summed E-state index contributed by atoms with van der Waals surface area (Å²) >= 11 is 3.79. The van der Waals surface area contributed by atoms with Gasteiger partial charge in [-0.1, -0.05) is 63.3 Å². The number of fused-ring (bicyclic) bond motifs is 5. The molecule has 0 spiro atoms. The topological polar surface area (TPSA) is 0 Å². The molecule has 0 nitrogen and oxygen atoms in total. The van der Waals surface area contributed by atoms with E-state index >= 15 is 0 Å². The summed E-state index contributed by atoms with van der Waals surface area (Å²) in [5.74, 6) is 6.79. The van der Waals surface area contributed by atoms with Gasteiger partial charge in [-0.15, -0.1) is 33.8 Å². The van der Waals surface area contributed by atoms with Crippen LogP contribution in [-0.4, -0.2) is 16.1 Å². The Kier molecular flexibility index (Phi) is 4.80. The van der Waals surface area contributed by atoms with Crippen LogP contribution in [0.25, 0.3) is 29.6 Å². The first-order chi connectivity index (χ1) is 13.1. The SMILES string of the molecule is C[Si](C)(C)C#Cc1ccc2c(c1)sc1c3ccc(C#C[Si](C)(C)C)cc3sc21. The third-order valence-electron chi connectivity index (χ3n) is 4.25. The summed E-state index contributed by atoms with van der Waals surface area (Å²) < 4.78 is 5.48. The quantitative estimate of drug-likeness (QED) is 0.197. The fourth-order valence-corrected chi connectivity index (χ4v) is 6.70. The number of hydrogen-bond acceptors (Lipinski definition) is 2. The first-order valence-electron chi connectivity index (χ1n) is 9.54. The van der Waals surface area contributed by atoms with Gasteiger partial charge in [0.15, 0.2) is 0 Å². The summed E-state index contributed by atoms with van der Waals surface area (Å²) in [4.78, 5) is 0. The molecular weight excluding hydrogens is 409 g/mol. The molecule has 0 aliphatic heterocycles. The second-order valence-corrected chi connectivity index (χ2v) is 20.9. The van der Waals surface area contributed by atoms with Crippen LogP contribution in [0.3, 0.4) is 0 Å². The van der Waals surface area contributed by atoms with E-state index in [1.54, 1.807) is 0 Å². The Bertz CT molecular complexity index is 1230. The molecule has 140 valence electrons. The Hall–Kier alpha value is -1.83. The number of rotatable bonds is 0. The van der Waals surface area contributed by atoms with Crippen molar-refractivity contribution in [3.63, 3.8) is 0 Å². The van der Waals surface area contributed by atoms with E-state index < -0.39 is 16.1 Å². The first-order valence-corrected chi connectivity index (χ1v) is 18.2. The molecule has 4 heteroatoms. The second kappa shape index (κ2) is 6.90. The van der Waals surface area contributed by atoms with Crippen LogP contribution >= 0.6 is 22.7 Å². The lowest BCUT2D eigenvalue weighted by Gasteiger charge is -2.03. The van der Waals surface area contributed by atoms with Gasteiger partial charge >= 0.3 is 0 Å². The molecule has 0 aliphatic carbocycles. The summed E-state index contributed by atoms with van der Waals surface area (Å²) in [6, 6.07) is 13.4. The average molecular weight is 433 g/mol. The van der Waals surface area contributed by atoms with E-state index in [4.69, 9.17) is 0 Å². The van der Waals surface area contributed by atoms with Gasteiger partial charge in [0.25, 0.3) is 0 Å². The Labute approximate surface area is 177 Å². The average Bonchev–Trinajstić information content (AvgIpc) is 3.12. The normalized spacial score (nSPS) is 12.1. The molecule has 4 aromatic rings. The maximum atomic E-state index is 3.47. The molecule has 0 N–H and O–H groups in total. The fraction of sp³-hybridized carbons (Fsp3) is 0.250. The minimum atomic E-state index is -1.35. The van der Waals surface area contributed by atoms with Crippen molar-refractivity contribution in [3.8, 4) is 22.9 Å². The van der Waals surface area contributed by atoms with Crippen molar-refractivity contribution in [2.45, 2.75) is 39.3 Å². The molecule has 28 heavy (non-hydrogen) atoms. The Balaban J connectivity index is 1.81. The van der Waals surface area contributed by atoms with E-state index in [0.717, 1.165) is 11.1 Å². The van der Waals surface area contributed by atoms with Gasteiger partial charge in [-0.2, -0.15) is 0 Å². The summed E-state index contributed by atoms with van der Waals surface area (Å²) in [6.07, 6.45) is 0. The predicted molar refractivity (Wildman–Crippen MR) is 135 cm³/mol. The minimum Gasteiger partial charge on any atom is -0.134 e. The molecule has 0 saturated carbocycles. The number of benzene rings is 2. The molecule has 0 atom stereocenters. The highest BCUT2D eigenvalue weighted by molar-refractivity contribution is 7.36. The van der Waals surface area contributed by atoms with Crippen molar-refractivity contribution < 1.29 is 0 Å². The smallest absolute Gasteiger partial charge is 0.129 e. The van der Waals surface area contributed by atoms with Gasteiger partial charge < -0.3 is 0 Å². The summed E-state index contributed by atoms with van der Waals surface area (Å²) in [5.41, 5.74) is 9.22. The van der Waals surface area contributed by atoms with Crippen molar-refractivity contribution in [1.82, 2.24) is 0 Å².